The van der Waals surface area contributed by atoms with Gasteiger partial charge in [-0.3, -0.25) is 5.43 Å². The highest BCUT2D eigenvalue weighted by atomic mass is 16.5. The fourth-order valence-electron chi connectivity index (χ4n) is 2.01. The van der Waals surface area contributed by atoms with Gasteiger partial charge in [0.2, 0.25) is 0 Å². The molecule has 1 N–H and O–H groups in total. The Bertz CT molecular complexity index is 374. The summed E-state index contributed by atoms with van der Waals surface area (Å²) in [5, 5.41) is 2.15. The van der Waals surface area contributed by atoms with Crippen LogP contribution in [0.1, 0.15) is 26.3 Å². The molecule has 0 bridgehead atoms. The number of hydrazine groups is 1. The van der Waals surface area contributed by atoms with Crippen molar-refractivity contribution in [1.29, 1.82) is 0 Å². The SMILES string of the molecule is CCOC(C)(C)CN(C/C=C/c1ccccc1)NC. The summed E-state index contributed by atoms with van der Waals surface area (Å²) in [5.41, 5.74) is 4.29. The van der Waals surface area contributed by atoms with E-state index in [1.165, 1.54) is 5.56 Å². The number of rotatable bonds is 8. The smallest absolute Gasteiger partial charge is 0.0766 e. The molecule has 0 atom stereocenters. The van der Waals surface area contributed by atoms with Crippen molar-refractivity contribution >= 4 is 6.08 Å². The highest BCUT2D eigenvalue weighted by molar-refractivity contribution is 5.48. The maximum atomic E-state index is 5.72. The van der Waals surface area contributed by atoms with E-state index in [1.807, 2.05) is 32.2 Å². The van der Waals surface area contributed by atoms with Crippen molar-refractivity contribution < 1.29 is 4.74 Å². The van der Waals surface area contributed by atoms with E-state index in [-0.39, 0.29) is 5.60 Å². The van der Waals surface area contributed by atoms with Crippen LogP contribution in [0.3, 0.4) is 0 Å². The maximum Gasteiger partial charge on any atom is 0.0766 e. The zero-order valence-corrected chi connectivity index (χ0v) is 12.5. The maximum absolute atomic E-state index is 5.72. The summed E-state index contributed by atoms with van der Waals surface area (Å²) < 4.78 is 5.72. The first kappa shape index (κ1) is 15.9. The van der Waals surface area contributed by atoms with E-state index in [0.29, 0.717) is 0 Å². The van der Waals surface area contributed by atoms with Crippen LogP contribution in [0, 0.1) is 0 Å². The highest BCUT2D eigenvalue weighted by Crippen LogP contribution is 2.10. The highest BCUT2D eigenvalue weighted by Gasteiger charge is 2.20. The molecule has 0 aliphatic heterocycles. The van der Waals surface area contributed by atoms with Crippen molar-refractivity contribution in [2.24, 2.45) is 0 Å². The molecule has 0 aliphatic carbocycles. The summed E-state index contributed by atoms with van der Waals surface area (Å²) in [7, 11) is 1.94. The molecule has 106 valence electrons. The van der Waals surface area contributed by atoms with Crippen LogP contribution in [0.25, 0.3) is 6.08 Å². The first-order valence-corrected chi connectivity index (χ1v) is 6.85. The predicted octanol–water partition coefficient (Wildman–Crippen LogP) is 2.95. The number of hydrogen-bond donors (Lipinski definition) is 1. The molecule has 0 fully saturated rings. The van der Waals surface area contributed by atoms with Gasteiger partial charge in [-0.1, -0.05) is 42.5 Å². The monoisotopic (exact) mass is 262 g/mol. The summed E-state index contributed by atoms with van der Waals surface area (Å²) >= 11 is 0. The lowest BCUT2D eigenvalue weighted by molar-refractivity contribution is -0.0399. The van der Waals surface area contributed by atoms with Crippen LogP contribution in [0.4, 0.5) is 0 Å². The quantitative estimate of drug-likeness (QED) is 0.729. The van der Waals surface area contributed by atoms with Crippen LogP contribution in [-0.2, 0) is 4.74 Å². The molecular weight excluding hydrogens is 236 g/mol. The topological polar surface area (TPSA) is 24.5 Å². The second-order valence-corrected chi connectivity index (χ2v) is 5.11. The Kier molecular flexibility index (Phi) is 6.78. The van der Waals surface area contributed by atoms with Crippen molar-refractivity contribution in [2.75, 3.05) is 26.7 Å². The summed E-state index contributed by atoms with van der Waals surface area (Å²) in [4.78, 5) is 0. The molecule has 0 unspecified atom stereocenters. The third kappa shape index (κ3) is 6.53. The van der Waals surface area contributed by atoms with Crippen LogP contribution < -0.4 is 5.43 Å². The molecule has 3 nitrogen and oxygen atoms in total. The Labute approximate surface area is 117 Å². The number of ether oxygens (including phenoxy) is 1. The number of nitrogens with one attached hydrogen (secondary N) is 1. The fourth-order valence-corrected chi connectivity index (χ4v) is 2.01. The van der Waals surface area contributed by atoms with Crippen LogP contribution >= 0.6 is 0 Å². The van der Waals surface area contributed by atoms with Crippen molar-refractivity contribution in [3.05, 3.63) is 42.0 Å². The molecule has 3 heteroatoms. The Balaban J connectivity index is 2.47. The van der Waals surface area contributed by atoms with E-state index in [9.17, 15) is 0 Å². The molecule has 1 rings (SSSR count). The number of benzene rings is 1. The zero-order chi connectivity index (χ0) is 14.1. The van der Waals surface area contributed by atoms with E-state index >= 15 is 0 Å². The van der Waals surface area contributed by atoms with E-state index in [0.717, 1.165) is 19.7 Å². The second kappa shape index (κ2) is 8.10. The van der Waals surface area contributed by atoms with Crippen LogP contribution in [-0.4, -0.2) is 37.4 Å². The van der Waals surface area contributed by atoms with Crippen molar-refractivity contribution in [3.63, 3.8) is 0 Å². The molecule has 0 amide bonds. The van der Waals surface area contributed by atoms with E-state index in [1.54, 1.807) is 0 Å². The molecule has 0 aromatic heterocycles. The van der Waals surface area contributed by atoms with E-state index in [2.05, 4.69) is 48.6 Å². The molecule has 0 saturated heterocycles. The fraction of sp³-hybridized carbons (Fsp3) is 0.500. The molecule has 0 heterocycles. The van der Waals surface area contributed by atoms with E-state index < -0.39 is 0 Å². The molecule has 0 spiro atoms. The van der Waals surface area contributed by atoms with Gasteiger partial charge < -0.3 is 4.74 Å². The lowest BCUT2D eigenvalue weighted by Gasteiger charge is -2.31. The van der Waals surface area contributed by atoms with Gasteiger partial charge in [-0.25, -0.2) is 5.01 Å². The average Bonchev–Trinajstić information content (AvgIpc) is 2.38. The summed E-state index contributed by atoms with van der Waals surface area (Å²) in [6.07, 6.45) is 4.30. The normalized spacial score (nSPS) is 12.5. The van der Waals surface area contributed by atoms with Gasteiger partial charge in [-0.05, 0) is 33.4 Å². The van der Waals surface area contributed by atoms with Crippen molar-refractivity contribution in [1.82, 2.24) is 10.4 Å². The molecule has 1 aromatic carbocycles. The minimum Gasteiger partial charge on any atom is -0.374 e. The molecule has 1 aromatic rings. The standard InChI is InChI=1S/C16H26N2O/c1-5-19-16(2,3)14-18(17-4)13-9-12-15-10-7-6-8-11-15/h6-12,17H,5,13-14H2,1-4H3/b12-9+. The molecular formula is C16H26N2O. The third-order valence-electron chi connectivity index (χ3n) is 2.86. The van der Waals surface area contributed by atoms with Gasteiger partial charge in [-0.2, -0.15) is 0 Å². The van der Waals surface area contributed by atoms with Crippen molar-refractivity contribution in [3.8, 4) is 0 Å². The first-order chi connectivity index (χ1) is 9.07. The van der Waals surface area contributed by atoms with Gasteiger partial charge in [-0.15, -0.1) is 0 Å². The third-order valence-corrected chi connectivity index (χ3v) is 2.86. The molecule has 0 saturated carbocycles. The molecule has 0 aliphatic rings. The van der Waals surface area contributed by atoms with Gasteiger partial charge in [0.05, 0.1) is 5.60 Å². The second-order valence-electron chi connectivity index (χ2n) is 5.11. The van der Waals surface area contributed by atoms with Gasteiger partial charge >= 0.3 is 0 Å². The number of nitrogens with zero attached hydrogens (tertiary/aromatic N) is 1. The van der Waals surface area contributed by atoms with Crippen LogP contribution in [0.5, 0.6) is 0 Å². The lowest BCUT2D eigenvalue weighted by atomic mass is 10.1. The largest absolute Gasteiger partial charge is 0.374 e. The Morgan fingerprint density at radius 1 is 1.26 bits per heavy atom. The summed E-state index contributed by atoms with van der Waals surface area (Å²) in [6.45, 7) is 8.69. The van der Waals surface area contributed by atoms with Crippen LogP contribution in [0.2, 0.25) is 0 Å². The van der Waals surface area contributed by atoms with Gasteiger partial charge in [0.15, 0.2) is 0 Å². The predicted molar refractivity (Wildman–Crippen MR) is 81.8 cm³/mol. The molecule has 19 heavy (non-hydrogen) atoms. The Hall–Kier alpha value is -1.16. The van der Waals surface area contributed by atoms with Gasteiger partial charge in [0.1, 0.15) is 0 Å². The number of hydrogen-bond acceptors (Lipinski definition) is 3. The van der Waals surface area contributed by atoms with Gasteiger partial charge in [0.25, 0.3) is 0 Å². The minimum atomic E-state index is -0.141. The summed E-state index contributed by atoms with van der Waals surface area (Å²) in [5.74, 6) is 0. The summed E-state index contributed by atoms with van der Waals surface area (Å²) in [6, 6.07) is 10.3. The first-order valence-electron chi connectivity index (χ1n) is 6.85. The van der Waals surface area contributed by atoms with Gasteiger partial charge in [0, 0.05) is 19.7 Å². The Morgan fingerprint density at radius 2 is 1.95 bits per heavy atom. The molecule has 0 radical (unpaired) electrons. The van der Waals surface area contributed by atoms with Crippen molar-refractivity contribution in [2.45, 2.75) is 26.4 Å². The Morgan fingerprint density at radius 3 is 2.53 bits per heavy atom. The average molecular weight is 262 g/mol. The van der Waals surface area contributed by atoms with E-state index in [4.69, 9.17) is 4.74 Å². The van der Waals surface area contributed by atoms with Crippen LogP contribution in [0.15, 0.2) is 36.4 Å². The zero-order valence-electron chi connectivity index (χ0n) is 12.5. The minimum absolute atomic E-state index is 0.141. The lowest BCUT2D eigenvalue weighted by Crippen LogP contribution is -2.46.